The van der Waals surface area contributed by atoms with E-state index in [1.165, 1.54) is 0 Å². The van der Waals surface area contributed by atoms with Crippen molar-refractivity contribution in [2.75, 3.05) is 45.1 Å². The van der Waals surface area contributed by atoms with Gasteiger partial charge in [-0.15, -0.1) is 11.8 Å². The molecule has 1 unspecified atom stereocenters. The number of ether oxygens (including phenoxy) is 2. The number of benzene rings is 1. The predicted molar refractivity (Wildman–Crippen MR) is 101 cm³/mol. The van der Waals surface area contributed by atoms with Crippen molar-refractivity contribution in [2.24, 2.45) is 0 Å². The fourth-order valence-corrected chi connectivity index (χ4v) is 4.39. The van der Waals surface area contributed by atoms with Crippen LogP contribution in [0.3, 0.4) is 0 Å². The molecular weight excluding hydrogens is 352 g/mol. The molecule has 0 saturated carbocycles. The van der Waals surface area contributed by atoms with E-state index in [2.05, 4.69) is 4.90 Å². The van der Waals surface area contributed by atoms with Crippen LogP contribution in [0.1, 0.15) is 30.7 Å². The van der Waals surface area contributed by atoms with Gasteiger partial charge in [0.25, 0.3) is 0 Å². The first kappa shape index (κ1) is 19.2. The molecule has 3 rings (SSSR count). The number of carbonyl (C=O) groups excluding carboxylic acids is 2. The van der Waals surface area contributed by atoms with Gasteiger partial charge in [-0.05, 0) is 17.7 Å². The molecule has 0 aromatic heterocycles. The standard InChI is InChI=1S/C19H26N2O4S/c1-2-18(23)25-16-5-3-15(4-6-16)19-21(17(22)7-14-26-19)9-8-20-10-12-24-13-11-20/h3-6,19H,2,7-14H2,1H3. The summed E-state index contributed by atoms with van der Waals surface area (Å²) in [5.41, 5.74) is 1.07. The van der Waals surface area contributed by atoms with E-state index >= 15 is 0 Å². The highest BCUT2D eigenvalue weighted by Gasteiger charge is 2.30. The second-order valence-corrected chi connectivity index (χ2v) is 7.60. The van der Waals surface area contributed by atoms with E-state index < -0.39 is 0 Å². The quantitative estimate of drug-likeness (QED) is 0.559. The Morgan fingerprint density at radius 2 is 1.96 bits per heavy atom. The average molecular weight is 378 g/mol. The van der Waals surface area contributed by atoms with Crippen LogP contribution in [0.25, 0.3) is 0 Å². The molecule has 0 aliphatic carbocycles. The van der Waals surface area contributed by atoms with E-state index in [0.717, 1.165) is 50.7 Å². The molecule has 2 fully saturated rings. The summed E-state index contributed by atoms with van der Waals surface area (Å²) in [4.78, 5) is 28.2. The molecule has 6 nitrogen and oxygen atoms in total. The molecule has 142 valence electrons. The molecule has 2 aliphatic rings. The lowest BCUT2D eigenvalue weighted by atomic mass is 10.2. The summed E-state index contributed by atoms with van der Waals surface area (Å²) >= 11 is 1.79. The van der Waals surface area contributed by atoms with Crippen LogP contribution in [-0.2, 0) is 14.3 Å². The highest BCUT2D eigenvalue weighted by Crippen LogP contribution is 2.37. The summed E-state index contributed by atoms with van der Waals surface area (Å²) in [5, 5.41) is 0.0215. The minimum Gasteiger partial charge on any atom is -0.427 e. The van der Waals surface area contributed by atoms with Gasteiger partial charge in [0.1, 0.15) is 11.1 Å². The number of rotatable bonds is 6. The molecule has 2 saturated heterocycles. The zero-order chi connectivity index (χ0) is 18.4. The van der Waals surface area contributed by atoms with Crippen molar-refractivity contribution >= 4 is 23.6 Å². The van der Waals surface area contributed by atoms with Crippen LogP contribution < -0.4 is 4.74 Å². The Kier molecular flexibility index (Phi) is 6.93. The first-order valence-corrected chi connectivity index (χ1v) is 10.2. The van der Waals surface area contributed by atoms with Crippen LogP contribution in [0, 0.1) is 0 Å². The van der Waals surface area contributed by atoms with Crippen LogP contribution in [0.5, 0.6) is 5.75 Å². The van der Waals surface area contributed by atoms with Gasteiger partial charge in [0.15, 0.2) is 0 Å². The molecule has 26 heavy (non-hydrogen) atoms. The van der Waals surface area contributed by atoms with Crippen LogP contribution in [0.4, 0.5) is 0 Å². The lowest BCUT2D eigenvalue weighted by Gasteiger charge is -2.37. The van der Waals surface area contributed by atoms with Gasteiger partial charge in [0.2, 0.25) is 5.91 Å². The van der Waals surface area contributed by atoms with Crippen molar-refractivity contribution in [1.82, 2.24) is 9.80 Å². The lowest BCUT2D eigenvalue weighted by Crippen LogP contribution is -2.45. The fraction of sp³-hybridized carbons (Fsp3) is 0.579. The summed E-state index contributed by atoms with van der Waals surface area (Å²) in [5.74, 6) is 1.35. The van der Waals surface area contributed by atoms with Gasteiger partial charge in [-0.2, -0.15) is 0 Å². The predicted octanol–water partition coefficient (Wildman–Crippen LogP) is 2.30. The van der Waals surface area contributed by atoms with Gasteiger partial charge in [-0.3, -0.25) is 14.5 Å². The van der Waals surface area contributed by atoms with E-state index in [1.807, 2.05) is 29.2 Å². The largest absolute Gasteiger partial charge is 0.427 e. The number of morpholine rings is 1. The van der Waals surface area contributed by atoms with Crippen molar-refractivity contribution in [1.29, 1.82) is 0 Å². The number of thioether (sulfide) groups is 1. The zero-order valence-corrected chi connectivity index (χ0v) is 16.0. The smallest absolute Gasteiger partial charge is 0.310 e. The van der Waals surface area contributed by atoms with Gasteiger partial charge in [0.05, 0.1) is 13.2 Å². The molecule has 2 aliphatic heterocycles. The Morgan fingerprint density at radius 1 is 1.23 bits per heavy atom. The van der Waals surface area contributed by atoms with Crippen molar-refractivity contribution in [2.45, 2.75) is 25.1 Å². The maximum atomic E-state index is 12.5. The number of carbonyl (C=O) groups is 2. The summed E-state index contributed by atoms with van der Waals surface area (Å²) in [6, 6.07) is 7.53. The first-order valence-electron chi connectivity index (χ1n) is 9.19. The molecule has 0 N–H and O–H groups in total. The molecule has 0 radical (unpaired) electrons. The third-order valence-electron chi connectivity index (χ3n) is 4.64. The number of hydrogen-bond acceptors (Lipinski definition) is 6. The Bertz CT molecular complexity index is 616. The topological polar surface area (TPSA) is 59.1 Å². The SMILES string of the molecule is CCC(=O)Oc1ccc(C2SCCC(=O)N2CCN2CCOCC2)cc1. The Labute approximate surface area is 158 Å². The van der Waals surface area contributed by atoms with E-state index in [0.29, 0.717) is 18.6 Å². The molecule has 0 spiro atoms. The molecule has 7 heteroatoms. The minimum atomic E-state index is -0.243. The van der Waals surface area contributed by atoms with Gasteiger partial charge in [-0.1, -0.05) is 19.1 Å². The van der Waals surface area contributed by atoms with Crippen LogP contribution in [0.15, 0.2) is 24.3 Å². The zero-order valence-electron chi connectivity index (χ0n) is 15.2. The fourth-order valence-electron chi connectivity index (χ4n) is 3.12. The normalized spacial score (nSPS) is 21.7. The highest BCUT2D eigenvalue weighted by atomic mass is 32.2. The Morgan fingerprint density at radius 3 is 2.65 bits per heavy atom. The first-order chi connectivity index (χ1) is 12.7. The van der Waals surface area contributed by atoms with Crippen molar-refractivity contribution in [3.8, 4) is 5.75 Å². The minimum absolute atomic E-state index is 0.0215. The molecule has 0 bridgehead atoms. The molecular formula is C19H26N2O4S. The van der Waals surface area contributed by atoms with Crippen molar-refractivity contribution in [3.05, 3.63) is 29.8 Å². The molecule has 1 aromatic carbocycles. The Balaban J connectivity index is 1.65. The highest BCUT2D eigenvalue weighted by molar-refractivity contribution is 7.99. The van der Waals surface area contributed by atoms with Gasteiger partial charge in [-0.25, -0.2) is 0 Å². The molecule has 2 heterocycles. The van der Waals surface area contributed by atoms with E-state index in [-0.39, 0.29) is 17.3 Å². The number of hydrogen-bond donors (Lipinski definition) is 0. The van der Waals surface area contributed by atoms with Gasteiger partial charge >= 0.3 is 5.97 Å². The Hall–Kier alpha value is -1.57. The van der Waals surface area contributed by atoms with Crippen LogP contribution in [-0.4, -0.2) is 66.8 Å². The lowest BCUT2D eigenvalue weighted by molar-refractivity contribution is -0.134. The third kappa shape index (κ3) is 4.99. The van der Waals surface area contributed by atoms with E-state index in [4.69, 9.17) is 9.47 Å². The van der Waals surface area contributed by atoms with Crippen LogP contribution >= 0.6 is 11.8 Å². The van der Waals surface area contributed by atoms with Gasteiger partial charge in [0, 0.05) is 44.8 Å². The number of nitrogens with zero attached hydrogens (tertiary/aromatic N) is 2. The summed E-state index contributed by atoms with van der Waals surface area (Å²) < 4.78 is 10.6. The van der Waals surface area contributed by atoms with Crippen LogP contribution in [0.2, 0.25) is 0 Å². The van der Waals surface area contributed by atoms with E-state index in [9.17, 15) is 9.59 Å². The maximum absolute atomic E-state index is 12.5. The third-order valence-corrected chi connectivity index (χ3v) is 5.92. The van der Waals surface area contributed by atoms with Crippen molar-refractivity contribution < 1.29 is 19.1 Å². The summed E-state index contributed by atoms with van der Waals surface area (Å²) in [6.45, 7) is 6.76. The van der Waals surface area contributed by atoms with Gasteiger partial charge < -0.3 is 14.4 Å². The maximum Gasteiger partial charge on any atom is 0.310 e. The molecule has 1 aromatic rings. The van der Waals surface area contributed by atoms with Crippen molar-refractivity contribution in [3.63, 3.8) is 0 Å². The monoisotopic (exact) mass is 378 g/mol. The average Bonchev–Trinajstić information content (AvgIpc) is 2.68. The second kappa shape index (κ2) is 9.39. The summed E-state index contributed by atoms with van der Waals surface area (Å²) in [6.07, 6.45) is 0.945. The second-order valence-electron chi connectivity index (χ2n) is 6.41. The molecule has 1 amide bonds. The number of amides is 1. The summed E-state index contributed by atoms with van der Waals surface area (Å²) in [7, 11) is 0. The number of esters is 1. The van der Waals surface area contributed by atoms with E-state index in [1.54, 1.807) is 18.7 Å². The molecule has 1 atom stereocenters.